The minimum Gasteiger partial charge on any atom is -0.329 e. The number of hydrogen-bond acceptors (Lipinski definition) is 2. The molecule has 19 heavy (non-hydrogen) atoms. The molecule has 1 aromatic rings. The largest absolute Gasteiger partial charge is 0.329 e. The first-order valence-electron chi connectivity index (χ1n) is 7.04. The van der Waals surface area contributed by atoms with Crippen molar-refractivity contribution in [2.75, 3.05) is 19.6 Å². The molecule has 0 saturated heterocycles. The molecule has 0 heterocycles. The molecule has 2 rings (SSSR count). The highest BCUT2D eigenvalue weighted by Gasteiger charge is 2.29. The topological polar surface area (TPSA) is 29.3 Å². The minimum atomic E-state index is -0.541. The Balaban J connectivity index is 2.19. The fourth-order valence-electron chi connectivity index (χ4n) is 2.54. The second-order valence-corrected chi connectivity index (χ2v) is 5.36. The molecule has 1 unspecified atom stereocenters. The van der Waals surface area contributed by atoms with Gasteiger partial charge in [-0.2, -0.15) is 0 Å². The molecule has 0 amide bonds. The number of rotatable bonds is 7. The van der Waals surface area contributed by atoms with Crippen LogP contribution in [0.5, 0.6) is 0 Å². The first kappa shape index (κ1) is 14.4. The summed E-state index contributed by atoms with van der Waals surface area (Å²) in [5.41, 5.74) is 6.35. The number of nitrogens with two attached hydrogens (primary N) is 1. The summed E-state index contributed by atoms with van der Waals surface area (Å²) in [6.07, 6.45) is 3.51. The second kappa shape index (κ2) is 6.44. The van der Waals surface area contributed by atoms with E-state index in [9.17, 15) is 8.78 Å². The number of benzene rings is 1. The summed E-state index contributed by atoms with van der Waals surface area (Å²) >= 11 is 0. The van der Waals surface area contributed by atoms with Gasteiger partial charge in [-0.05, 0) is 37.8 Å². The van der Waals surface area contributed by atoms with Crippen LogP contribution in [0.4, 0.5) is 8.78 Å². The van der Waals surface area contributed by atoms with Crippen molar-refractivity contribution in [1.82, 2.24) is 4.90 Å². The van der Waals surface area contributed by atoms with Crippen LogP contribution in [-0.2, 0) is 0 Å². The van der Waals surface area contributed by atoms with Crippen molar-refractivity contribution in [1.29, 1.82) is 0 Å². The average Bonchev–Trinajstić information content (AvgIpc) is 3.17. The van der Waals surface area contributed by atoms with Crippen LogP contribution in [-0.4, -0.2) is 24.5 Å². The van der Waals surface area contributed by atoms with Crippen molar-refractivity contribution in [2.24, 2.45) is 11.7 Å². The van der Waals surface area contributed by atoms with Gasteiger partial charge in [0.15, 0.2) is 0 Å². The first-order valence-corrected chi connectivity index (χ1v) is 7.04. The Bertz CT molecular complexity index is 419. The number of hydrogen-bond donors (Lipinski definition) is 1. The Kier molecular flexibility index (Phi) is 4.88. The molecule has 0 bridgehead atoms. The number of halogens is 2. The number of nitrogens with zero attached hydrogens (tertiary/aromatic N) is 1. The lowest BCUT2D eigenvalue weighted by atomic mass is 10.0. The Hall–Kier alpha value is -1.00. The summed E-state index contributed by atoms with van der Waals surface area (Å²) in [7, 11) is 0. The van der Waals surface area contributed by atoms with Gasteiger partial charge in [0.1, 0.15) is 11.6 Å². The molecule has 4 heteroatoms. The molecule has 0 aliphatic heterocycles. The van der Waals surface area contributed by atoms with E-state index in [1.165, 1.54) is 25.0 Å². The maximum atomic E-state index is 13.9. The van der Waals surface area contributed by atoms with Gasteiger partial charge in [0, 0.05) is 30.8 Å². The molecule has 0 radical (unpaired) electrons. The predicted molar refractivity (Wildman–Crippen MR) is 72.7 cm³/mol. The molecule has 106 valence electrons. The van der Waals surface area contributed by atoms with Crippen molar-refractivity contribution in [3.63, 3.8) is 0 Å². The molecule has 2 N–H and O–H groups in total. The van der Waals surface area contributed by atoms with Crippen molar-refractivity contribution < 1.29 is 8.78 Å². The second-order valence-electron chi connectivity index (χ2n) is 5.36. The van der Waals surface area contributed by atoms with Crippen LogP contribution >= 0.6 is 0 Å². The molecular formula is C15H22F2N2. The smallest absolute Gasteiger partial charge is 0.130 e. The van der Waals surface area contributed by atoms with Crippen LogP contribution in [0.3, 0.4) is 0 Å². The summed E-state index contributed by atoms with van der Waals surface area (Å²) < 4.78 is 26.9. The van der Waals surface area contributed by atoms with E-state index in [0.717, 1.165) is 31.5 Å². The summed E-state index contributed by atoms with van der Waals surface area (Å²) in [5.74, 6) is -0.308. The molecule has 1 aliphatic carbocycles. The zero-order chi connectivity index (χ0) is 13.8. The minimum absolute atomic E-state index is 0.152. The lowest BCUT2D eigenvalue weighted by molar-refractivity contribution is 0.189. The lowest BCUT2D eigenvalue weighted by Gasteiger charge is -2.31. The third kappa shape index (κ3) is 3.74. The average molecular weight is 268 g/mol. The maximum Gasteiger partial charge on any atom is 0.130 e. The quantitative estimate of drug-likeness (QED) is 0.823. The van der Waals surface area contributed by atoms with Gasteiger partial charge in [-0.25, -0.2) is 8.78 Å². The predicted octanol–water partition coefficient (Wildman–Crippen LogP) is 3.09. The zero-order valence-corrected chi connectivity index (χ0v) is 11.4. The van der Waals surface area contributed by atoms with Gasteiger partial charge in [-0.15, -0.1) is 0 Å². The lowest BCUT2D eigenvalue weighted by Crippen LogP contribution is -2.36. The Morgan fingerprint density at radius 3 is 2.63 bits per heavy atom. The molecule has 1 atom stereocenters. The van der Waals surface area contributed by atoms with Gasteiger partial charge >= 0.3 is 0 Å². The van der Waals surface area contributed by atoms with E-state index in [0.29, 0.717) is 12.1 Å². The van der Waals surface area contributed by atoms with E-state index in [1.807, 2.05) is 0 Å². The maximum absolute atomic E-state index is 13.9. The molecule has 0 aromatic heterocycles. The summed E-state index contributed by atoms with van der Waals surface area (Å²) in [6.45, 7) is 4.32. The first-order chi connectivity index (χ1) is 9.15. The molecule has 2 nitrogen and oxygen atoms in total. The van der Waals surface area contributed by atoms with Gasteiger partial charge in [-0.1, -0.05) is 13.0 Å². The highest BCUT2D eigenvalue weighted by molar-refractivity contribution is 5.22. The standard InChI is InChI=1S/C15H22F2N2/c1-2-7-19(10-11-3-4-11)15(9-18)13-6-5-12(16)8-14(13)17/h5-6,8,11,15H,2-4,7,9-10,18H2,1H3. The highest BCUT2D eigenvalue weighted by Crippen LogP contribution is 2.33. The Labute approximate surface area is 113 Å². The fraction of sp³-hybridized carbons (Fsp3) is 0.600. The van der Waals surface area contributed by atoms with E-state index < -0.39 is 11.6 Å². The van der Waals surface area contributed by atoms with Crippen LogP contribution in [0.25, 0.3) is 0 Å². The van der Waals surface area contributed by atoms with Gasteiger partial charge in [0.05, 0.1) is 0 Å². The fourth-order valence-corrected chi connectivity index (χ4v) is 2.54. The van der Waals surface area contributed by atoms with Crippen molar-refractivity contribution in [3.05, 3.63) is 35.4 Å². The van der Waals surface area contributed by atoms with Gasteiger partial charge in [-0.3, -0.25) is 4.90 Å². The van der Waals surface area contributed by atoms with E-state index in [2.05, 4.69) is 11.8 Å². The molecular weight excluding hydrogens is 246 g/mol. The van der Waals surface area contributed by atoms with Gasteiger partial charge < -0.3 is 5.73 Å². The summed E-state index contributed by atoms with van der Waals surface area (Å²) in [5, 5.41) is 0. The van der Waals surface area contributed by atoms with Crippen LogP contribution in [0.15, 0.2) is 18.2 Å². The molecule has 1 fully saturated rings. The zero-order valence-electron chi connectivity index (χ0n) is 11.4. The Morgan fingerprint density at radius 2 is 2.11 bits per heavy atom. The molecule has 0 spiro atoms. The van der Waals surface area contributed by atoms with Crippen LogP contribution in [0.1, 0.15) is 37.8 Å². The van der Waals surface area contributed by atoms with E-state index >= 15 is 0 Å². The van der Waals surface area contributed by atoms with Crippen molar-refractivity contribution in [3.8, 4) is 0 Å². The normalized spacial score (nSPS) is 16.9. The third-order valence-corrected chi connectivity index (χ3v) is 3.69. The SMILES string of the molecule is CCCN(CC1CC1)C(CN)c1ccc(F)cc1F. The summed E-state index contributed by atoms with van der Waals surface area (Å²) in [6, 6.07) is 3.63. The van der Waals surface area contributed by atoms with Crippen molar-refractivity contribution >= 4 is 0 Å². The van der Waals surface area contributed by atoms with Crippen LogP contribution < -0.4 is 5.73 Å². The molecule has 1 aromatic carbocycles. The van der Waals surface area contributed by atoms with E-state index in [1.54, 1.807) is 0 Å². The van der Waals surface area contributed by atoms with Crippen LogP contribution in [0.2, 0.25) is 0 Å². The third-order valence-electron chi connectivity index (χ3n) is 3.69. The monoisotopic (exact) mass is 268 g/mol. The van der Waals surface area contributed by atoms with Crippen LogP contribution in [0, 0.1) is 17.6 Å². The van der Waals surface area contributed by atoms with Gasteiger partial charge in [0.25, 0.3) is 0 Å². The summed E-state index contributed by atoms with van der Waals surface area (Å²) in [4.78, 5) is 2.24. The molecule has 1 saturated carbocycles. The van der Waals surface area contributed by atoms with Gasteiger partial charge in [0.2, 0.25) is 0 Å². The molecule has 1 aliphatic rings. The highest BCUT2D eigenvalue weighted by atomic mass is 19.1. The van der Waals surface area contributed by atoms with E-state index in [4.69, 9.17) is 5.73 Å². The van der Waals surface area contributed by atoms with E-state index in [-0.39, 0.29) is 6.04 Å². The van der Waals surface area contributed by atoms with Crippen molar-refractivity contribution in [2.45, 2.75) is 32.2 Å². The Morgan fingerprint density at radius 1 is 1.37 bits per heavy atom.